The van der Waals surface area contributed by atoms with E-state index in [0.29, 0.717) is 25.1 Å². The number of nitrogens with one attached hydrogen (secondary N) is 3. The molecule has 2 rings (SSSR count). The van der Waals surface area contributed by atoms with Gasteiger partial charge < -0.3 is 10.6 Å². The van der Waals surface area contributed by atoms with E-state index in [-0.39, 0.29) is 5.75 Å². The van der Waals surface area contributed by atoms with Gasteiger partial charge in [-0.2, -0.15) is 0 Å². The van der Waals surface area contributed by atoms with E-state index in [2.05, 4.69) is 27.3 Å². The minimum atomic E-state index is -3.32. The number of hydrogen-bond donors (Lipinski definition) is 3. The van der Waals surface area contributed by atoms with E-state index in [1.807, 2.05) is 30.3 Å². The summed E-state index contributed by atoms with van der Waals surface area (Å²) in [5.41, 5.74) is 0.947. The maximum Gasteiger partial charge on any atom is 0.213 e. The van der Waals surface area contributed by atoms with Crippen LogP contribution in [-0.2, 0) is 16.6 Å². The zero-order valence-corrected chi connectivity index (χ0v) is 16.0. The van der Waals surface area contributed by atoms with Gasteiger partial charge in [-0.05, 0) is 37.2 Å². The number of aliphatic imine (C=N–C) groups is 1. The molecule has 0 unspecified atom stereocenters. The van der Waals surface area contributed by atoms with Gasteiger partial charge in [0.25, 0.3) is 0 Å². The van der Waals surface area contributed by atoms with Crippen LogP contribution >= 0.6 is 0 Å². The van der Waals surface area contributed by atoms with Crippen molar-refractivity contribution in [2.75, 3.05) is 19.3 Å². The first kappa shape index (κ1) is 19.7. The van der Waals surface area contributed by atoms with E-state index >= 15 is 0 Å². The Labute approximate surface area is 151 Å². The van der Waals surface area contributed by atoms with Gasteiger partial charge in [-0.3, -0.25) is 4.99 Å². The average Bonchev–Trinajstić information content (AvgIpc) is 2.62. The highest BCUT2D eigenvalue weighted by Crippen LogP contribution is 2.23. The lowest BCUT2D eigenvalue weighted by atomic mass is 9.87. The fraction of sp³-hybridized carbons (Fsp3) is 0.611. The molecule has 0 heterocycles. The lowest BCUT2D eigenvalue weighted by Gasteiger charge is -2.28. The molecule has 1 aliphatic rings. The lowest BCUT2D eigenvalue weighted by molar-refractivity contribution is 0.329. The molecule has 0 aliphatic heterocycles. The summed E-state index contributed by atoms with van der Waals surface area (Å²) in [6.45, 7) is 2.93. The minimum Gasteiger partial charge on any atom is -0.355 e. The Morgan fingerprint density at radius 3 is 2.48 bits per heavy atom. The molecule has 1 fully saturated rings. The molecule has 0 spiro atoms. The summed E-state index contributed by atoms with van der Waals surface area (Å²) in [5, 5.41) is 6.50. The van der Waals surface area contributed by atoms with Gasteiger partial charge >= 0.3 is 0 Å². The number of benzene rings is 1. The Kier molecular flexibility index (Phi) is 7.71. The first-order chi connectivity index (χ1) is 12.0. The third-order valence-corrected chi connectivity index (χ3v) is 5.91. The second kappa shape index (κ2) is 9.77. The van der Waals surface area contributed by atoms with Crippen molar-refractivity contribution in [3.8, 4) is 0 Å². The van der Waals surface area contributed by atoms with Crippen molar-refractivity contribution in [1.82, 2.24) is 15.4 Å². The fourth-order valence-corrected chi connectivity index (χ4v) is 3.86. The van der Waals surface area contributed by atoms with Crippen LogP contribution in [0.25, 0.3) is 0 Å². The van der Waals surface area contributed by atoms with Crippen molar-refractivity contribution >= 4 is 16.0 Å². The summed E-state index contributed by atoms with van der Waals surface area (Å²) < 4.78 is 26.8. The standard InChI is InChI=1S/C18H30N4O2S/c1-15-8-10-17(11-9-15)22-18(19-2)20-12-13-25(23,24)21-14-16-6-4-3-5-7-16/h3-7,15,17,21H,8-14H2,1-2H3,(H2,19,20,22). The van der Waals surface area contributed by atoms with E-state index in [1.54, 1.807) is 7.05 Å². The van der Waals surface area contributed by atoms with Crippen molar-refractivity contribution in [3.63, 3.8) is 0 Å². The SMILES string of the molecule is CN=C(NCCS(=O)(=O)NCc1ccccc1)NC1CCC(C)CC1. The van der Waals surface area contributed by atoms with Crippen molar-refractivity contribution in [1.29, 1.82) is 0 Å². The smallest absolute Gasteiger partial charge is 0.213 e. The van der Waals surface area contributed by atoms with Gasteiger partial charge in [-0.25, -0.2) is 13.1 Å². The van der Waals surface area contributed by atoms with E-state index in [9.17, 15) is 8.42 Å². The van der Waals surface area contributed by atoms with Gasteiger partial charge in [0.15, 0.2) is 5.96 Å². The highest BCUT2D eigenvalue weighted by molar-refractivity contribution is 7.89. The summed E-state index contributed by atoms with van der Waals surface area (Å²) in [7, 11) is -1.61. The Balaban J connectivity index is 1.70. The largest absolute Gasteiger partial charge is 0.355 e. The molecule has 0 aromatic heterocycles. The minimum absolute atomic E-state index is 0.0161. The van der Waals surface area contributed by atoms with Gasteiger partial charge in [-0.15, -0.1) is 0 Å². The fourth-order valence-electron chi connectivity index (χ4n) is 2.96. The maximum absolute atomic E-state index is 12.1. The average molecular weight is 367 g/mol. The van der Waals surface area contributed by atoms with E-state index in [1.165, 1.54) is 12.8 Å². The Bertz CT molecular complexity index is 638. The van der Waals surface area contributed by atoms with Crippen LogP contribution in [0.1, 0.15) is 38.2 Å². The summed E-state index contributed by atoms with van der Waals surface area (Å²) in [6.07, 6.45) is 4.73. The molecule has 1 aliphatic carbocycles. The highest BCUT2D eigenvalue weighted by Gasteiger charge is 2.19. The number of sulfonamides is 1. The van der Waals surface area contributed by atoms with Crippen LogP contribution in [0, 0.1) is 5.92 Å². The first-order valence-corrected chi connectivity index (χ1v) is 10.6. The Morgan fingerprint density at radius 2 is 1.84 bits per heavy atom. The number of hydrogen-bond acceptors (Lipinski definition) is 3. The first-order valence-electron chi connectivity index (χ1n) is 8.97. The molecule has 0 saturated heterocycles. The third-order valence-electron chi connectivity index (χ3n) is 4.58. The number of rotatable bonds is 7. The topological polar surface area (TPSA) is 82.6 Å². The van der Waals surface area contributed by atoms with Crippen LogP contribution in [0.5, 0.6) is 0 Å². The molecule has 0 radical (unpaired) electrons. The molecule has 0 amide bonds. The zero-order valence-electron chi connectivity index (χ0n) is 15.2. The number of guanidine groups is 1. The van der Waals surface area contributed by atoms with E-state index in [4.69, 9.17) is 0 Å². The molecule has 25 heavy (non-hydrogen) atoms. The van der Waals surface area contributed by atoms with Crippen molar-refractivity contribution in [2.45, 2.75) is 45.2 Å². The Hall–Kier alpha value is -1.60. The molecule has 0 bridgehead atoms. The predicted octanol–water partition coefficient (Wildman–Crippen LogP) is 1.85. The summed E-state index contributed by atoms with van der Waals surface area (Å²) in [5.74, 6) is 1.49. The highest BCUT2D eigenvalue weighted by atomic mass is 32.2. The van der Waals surface area contributed by atoms with Crippen molar-refractivity contribution in [3.05, 3.63) is 35.9 Å². The quantitative estimate of drug-likeness (QED) is 0.508. The molecule has 140 valence electrons. The lowest BCUT2D eigenvalue weighted by Crippen LogP contribution is -2.46. The van der Waals surface area contributed by atoms with Crippen LogP contribution in [0.3, 0.4) is 0 Å². The van der Waals surface area contributed by atoms with Crippen LogP contribution in [0.2, 0.25) is 0 Å². The number of nitrogens with zero attached hydrogens (tertiary/aromatic N) is 1. The normalized spacial score (nSPS) is 21.8. The van der Waals surface area contributed by atoms with Gasteiger partial charge in [0.1, 0.15) is 0 Å². The summed E-state index contributed by atoms with van der Waals surface area (Å²) in [6, 6.07) is 9.93. The van der Waals surface area contributed by atoms with Gasteiger partial charge in [-0.1, -0.05) is 37.3 Å². The third kappa shape index (κ3) is 7.44. The van der Waals surface area contributed by atoms with Gasteiger partial charge in [0, 0.05) is 26.2 Å². The van der Waals surface area contributed by atoms with Crippen molar-refractivity contribution < 1.29 is 8.42 Å². The molecule has 1 saturated carbocycles. The molecule has 3 N–H and O–H groups in total. The molecule has 0 atom stereocenters. The molecular weight excluding hydrogens is 336 g/mol. The van der Waals surface area contributed by atoms with Gasteiger partial charge in [0.05, 0.1) is 5.75 Å². The molecule has 7 heteroatoms. The van der Waals surface area contributed by atoms with Crippen LogP contribution in [0.4, 0.5) is 0 Å². The van der Waals surface area contributed by atoms with Crippen molar-refractivity contribution in [2.24, 2.45) is 10.9 Å². The summed E-state index contributed by atoms with van der Waals surface area (Å²) >= 11 is 0. The zero-order chi connectivity index (χ0) is 18.1. The monoisotopic (exact) mass is 366 g/mol. The van der Waals surface area contributed by atoms with Crippen LogP contribution in [0.15, 0.2) is 35.3 Å². The van der Waals surface area contributed by atoms with Crippen LogP contribution < -0.4 is 15.4 Å². The molecular formula is C18H30N4O2S. The van der Waals surface area contributed by atoms with E-state index < -0.39 is 10.0 Å². The van der Waals surface area contributed by atoms with Gasteiger partial charge in [0.2, 0.25) is 10.0 Å². The Morgan fingerprint density at radius 1 is 1.16 bits per heavy atom. The molecule has 1 aromatic rings. The second-order valence-corrected chi connectivity index (χ2v) is 8.65. The van der Waals surface area contributed by atoms with Crippen LogP contribution in [-0.4, -0.2) is 39.8 Å². The molecule has 1 aromatic carbocycles. The molecule has 6 nitrogen and oxygen atoms in total. The second-order valence-electron chi connectivity index (χ2n) is 6.73. The maximum atomic E-state index is 12.1. The summed E-state index contributed by atoms with van der Waals surface area (Å²) in [4.78, 5) is 4.19. The van der Waals surface area contributed by atoms with E-state index in [0.717, 1.165) is 24.3 Å². The predicted molar refractivity (Wildman–Crippen MR) is 103 cm³/mol.